The molecule has 102 valence electrons. The number of thioether (sulfide) groups is 1. The van der Waals surface area contributed by atoms with Gasteiger partial charge in [0.2, 0.25) is 0 Å². The maximum Gasteiger partial charge on any atom is 0.138 e. The molecule has 3 nitrogen and oxygen atoms in total. The third-order valence-electron chi connectivity index (χ3n) is 3.10. The van der Waals surface area contributed by atoms with Gasteiger partial charge in [-0.3, -0.25) is 0 Å². The zero-order valence-corrected chi connectivity index (χ0v) is 12.0. The lowest BCUT2D eigenvalue weighted by atomic mass is 10.1. The van der Waals surface area contributed by atoms with Crippen LogP contribution < -0.4 is 4.74 Å². The molecule has 0 saturated carbocycles. The van der Waals surface area contributed by atoms with Crippen molar-refractivity contribution in [2.75, 3.05) is 19.0 Å². The Hall–Kier alpha value is -1.18. The van der Waals surface area contributed by atoms with Gasteiger partial charge in [0, 0.05) is 11.5 Å². The Balaban J connectivity index is 2.02. The maximum absolute atomic E-state index is 9.29. The van der Waals surface area contributed by atoms with Gasteiger partial charge in [0.1, 0.15) is 24.0 Å². The van der Waals surface area contributed by atoms with Gasteiger partial charge in [0.05, 0.1) is 6.10 Å². The average Bonchev–Trinajstić information content (AvgIpc) is 2.46. The van der Waals surface area contributed by atoms with Crippen LogP contribution in [0.15, 0.2) is 23.1 Å². The molecule has 1 aromatic carbocycles. The predicted octanol–water partition coefficient (Wildman–Crippen LogP) is 3.62. The molecular formula is C15H19NO2S. The minimum absolute atomic E-state index is 0.169. The molecule has 4 heteroatoms. The van der Waals surface area contributed by atoms with Crippen LogP contribution in [0.2, 0.25) is 0 Å². The van der Waals surface area contributed by atoms with E-state index in [-0.39, 0.29) is 6.10 Å². The smallest absolute Gasteiger partial charge is 0.138 e. The van der Waals surface area contributed by atoms with E-state index in [1.165, 1.54) is 6.42 Å². The number of nitrogens with zero attached hydrogens (tertiary/aromatic N) is 1. The van der Waals surface area contributed by atoms with Crippen LogP contribution in [-0.4, -0.2) is 25.1 Å². The van der Waals surface area contributed by atoms with Crippen LogP contribution in [0, 0.1) is 11.3 Å². The van der Waals surface area contributed by atoms with Gasteiger partial charge in [-0.1, -0.05) is 13.0 Å². The highest BCUT2D eigenvalue weighted by Crippen LogP contribution is 2.29. The first-order valence-corrected chi connectivity index (χ1v) is 7.74. The molecule has 0 amide bonds. The second kappa shape index (κ2) is 7.42. The van der Waals surface area contributed by atoms with E-state index in [4.69, 9.17) is 9.47 Å². The molecule has 1 atom stereocenters. The van der Waals surface area contributed by atoms with Crippen LogP contribution in [0.25, 0.3) is 0 Å². The minimum Gasteiger partial charge on any atom is -0.489 e. The van der Waals surface area contributed by atoms with Crippen LogP contribution in [0.1, 0.15) is 31.7 Å². The molecule has 19 heavy (non-hydrogen) atoms. The highest BCUT2D eigenvalue weighted by molar-refractivity contribution is 7.99. The highest BCUT2D eigenvalue weighted by Gasteiger charge is 2.16. The summed E-state index contributed by atoms with van der Waals surface area (Å²) < 4.78 is 11.4. The first kappa shape index (κ1) is 14.2. The summed E-state index contributed by atoms with van der Waals surface area (Å²) in [5, 5.41) is 9.29. The van der Waals surface area contributed by atoms with Crippen LogP contribution in [0.4, 0.5) is 0 Å². The predicted molar refractivity (Wildman–Crippen MR) is 76.6 cm³/mol. The summed E-state index contributed by atoms with van der Waals surface area (Å²) in [6, 6.07) is 8.02. The monoisotopic (exact) mass is 277 g/mol. The van der Waals surface area contributed by atoms with Crippen molar-refractivity contribution in [2.24, 2.45) is 0 Å². The zero-order valence-electron chi connectivity index (χ0n) is 11.2. The summed E-state index contributed by atoms with van der Waals surface area (Å²) in [5.74, 6) is 1.62. The Morgan fingerprint density at radius 3 is 3.05 bits per heavy atom. The van der Waals surface area contributed by atoms with E-state index in [1.54, 1.807) is 11.8 Å². The number of rotatable bonds is 5. The van der Waals surface area contributed by atoms with Crippen molar-refractivity contribution in [1.82, 2.24) is 0 Å². The number of benzene rings is 1. The molecule has 1 aliphatic heterocycles. The topological polar surface area (TPSA) is 42.2 Å². The van der Waals surface area contributed by atoms with Crippen molar-refractivity contribution in [3.8, 4) is 11.8 Å². The van der Waals surface area contributed by atoms with Crippen LogP contribution >= 0.6 is 11.8 Å². The van der Waals surface area contributed by atoms with Gasteiger partial charge in [-0.2, -0.15) is 5.26 Å². The minimum atomic E-state index is 0.169. The fourth-order valence-corrected chi connectivity index (χ4v) is 2.92. The van der Waals surface area contributed by atoms with E-state index in [2.05, 4.69) is 13.0 Å². The second-order valence-corrected chi connectivity index (χ2v) is 5.78. The van der Waals surface area contributed by atoms with E-state index in [1.807, 2.05) is 18.2 Å². The molecular weight excluding hydrogens is 258 g/mol. The second-order valence-electron chi connectivity index (χ2n) is 4.47. The SMILES string of the molecule is CCSc1cccc(OCC2CCCCO2)c1C#N. The number of ether oxygens (including phenoxy) is 2. The van der Waals surface area contributed by atoms with Crippen molar-refractivity contribution in [3.63, 3.8) is 0 Å². The summed E-state index contributed by atoms with van der Waals surface area (Å²) in [4.78, 5) is 0.993. The molecule has 0 aromatic heterocycles. The van der Waals surface area contributed by atoms with E-state index in [0.717, 1.165) is 30.1 Å². The Bertz CT molecular complexity index is 450. The van der Waals surface area contributed by atoms with E-state index in [9.17, 15) is 5.26 Å². The fourth-order valence-electron chi connectivity index (χ4n) is 2.14. The number of hydrogen-bond donors (Lipinski definition) is 0. The van der Waals surface area contributed by atoms with Gasteiger partial charge in [0.25, 0.3) is 0 Å². The summed E-state index contributed by atoms with van der Waals surface area (Å²) in [6.45, 7) is 3.44. The standard InChI is InChI=1S/C15H19NO2S/c1-2-19-15-8-5-7-14(13(15)10-16)18-11-12-6-3-4-9-17-12/h5,7-8,12H,2-4,6,9,11H2,1H3. The number of nitriles is 1. The Morgan fingerprint density at radius 1 is 1.47 bits per heavy atom. The van der Waals surface area contributed by atoms with E-state index >= 15 is 0 Å². The van der Waals surface area contributed by atoms with Crippen LogP contribution in [0.3, 0.4) is 0 Å². The Labute approximate surface area is 118 Å². The van der Waals surface area contributed by atoms with Crippen molar-refractivity contribution in [2.45, 2.75) is 37.2 Å². The largest absolute Gasteiger partial charge is 0.489 e. The molecule has 0 spiro atoms. The Morgan fingerprint density at radius 2 is 2.37 bits per heavy atom. The van der Waals surface area contributed by atoms with Crippen LogP contribution in [0.5, 0.6) is 5.75 Å². The highest BCUT2D eigenvalue weighted by atomic mass is 32.2. The zero-order chi connectivity index (χ0) is 13.5. The van der Waals surface area contributed by atoms with Gasteiger partial charge < -0.3 is 9.47 Å². The van der Waals surface area contributed by atoms with Gasteiger partial charge >= 0.3 is 0 Å². The maximum atomic E-state index is 9.29. The summed E-state index contributed by atoms with van der Waals surface area (Å²) >= 11 is 1.67. The number of hydrogen-bond acceptors (Lipinski definition) is 4. The molecule has 0 radical (unpaired) electrons. The van der Waals surface area contributed by atoms with Gasteiger partial charge in [0.15, 0.2) is 0 Å². The van der Waals surface area contributed by atoms with Crippen molar-refractivity contribution in [3.05, 3.63) is 23.8 Å². The molecule has 1 aliphatic rings. The van der Waals surface area contributed by atoms with Gasteiger partial charge in [-0.15, -0.1) is 11.8 Å². The fraction of sp³-hybridized carbons (Fsp3) is 0.533. The molecule has 0 bridgehead atoms. The summed E-state index contributed by atoms with van der Waals surface area (Å²) in [6.07, 6.45) is 3.56. The van der Waals surface area contributed by atoms with E-state index < -0.39 is 0 Å². The van der Waals surface area contributed by atoms with E-state index in [0.29, 0.717) is 17.9 Å². The third kappa shape index (κ3) is 3.89. The molecule has 1 fully saturated rings. The molecule has 2 rings (SSSR count). The molecule has 1 heterocycles. The lowest BCUT2D eigenvalue weighted by Gasteiger charge is -2.23. The van der Waals surface area contributed by atoms with Crippen molar-refractivity contribution < 1.29 is 9.47 Å². The molecule has 0 aliphatic carbocycles. The van der Waals surface area contributed by atoms with Crippen molar-refractivity contribution in [1.29, 1.82) is 5.26 Å². The molecule has 1 saturated heterocycles. The van der Waals surface area contributed by atoms with Crippen molar-refractivity contribution >= 4 is 11.8 Å². The lowest BCUT2D eigenvalue weighted by molar-refractivity contribution is -0.0111. The van der Waals surface area contributed by atoms with Crippen LogP contribution in [-0.2, 0) is 4.74 Å². The normalized spacial score (nSPS) is 18.8. The summed E-state index contributed by atoms with van der Waals surface area (Å²) in [7, 11) is 0. The van der Waals surface area contributed by atoms with Gasteiger partial charge in [-0.25, -0.2) is 0 Å². The lowest BCUT2D eigenvalue weighted by Crippen LogP contribution is -2.26. The first-order valence-electron chi connectivity index (χ1n) is 6.75. The molecule has 0 N–H and O–H groups in total. The molecule has 1 aromatic rings. The quantitative estimate of drug-likeness (QED) is 0.771. The van der Waals surface area contributed by atoms with Gasteiger partial charge in [-0.05, 0) is 37.1 Å². The third-order valence-corrected chi connectivity index (χ3v) is 4.04. The molecule has 1 unspecified atom stereocenters. The average molecular weight is 277 g/mol. The summed E-state index contributed by atoms with van der Waals surface area (Å²) in [5.41, 5.74) is 0.644. The Kier molecular flexibility index (Phi) is 5.56. The first-order chi connectivity index (χ1) is 9.35.